The molecule has 0 saturated carbocycles. The topological polar surface area (TPSA) is 74.6 Å². The van der Waals surface area contributed by atoms with E-state index < -0.39 is 11.9 Å². The normalized spacial score (nSPS) is 8.69. The van der Waals surface area contributed by atoms with Crippen LogP contribution in [0.15, 0.2) is 24.8 Å². The van der Waals surface area contributed by atoms with Crippen molar-refractivity contribution in [2.45, 2.75) is 19.8 Å². The summed E-state index contributed by atoms with van der Waals surface area (Å²) in [4.78, 5) is 19.0. The molecule has 0 aromatic carbocycles. The molecule has 0 unspecified atom stereocenters. The molecule has 0 amide bonds. The molecule has 0 aliphatic carbocycles. The minimum atomic E-state index is -0.981. The highest BCUT2D eigenvalue weighted by atomic mass is 16.4. The van der Waals surface area contributed by atoms with Crippen LogP contribution in [0.25, 0.3) is 0 Å². The van der Waals surface area contributed by atoms with Crippen LogP contribution < -0.4 is 0 Å². The van der Waals surface area contributed by atoms with Gasteiger partial charge in [-0.05, 0) is 6.42 Å². The van der Waals surface area contributed by atoms with E-state index in [9.17, 15) is 9.59 Å². The molecule has 4 nitrogen and oxygen atoms in total. The third-order valence-corrected chi connectivity index (χ3v) is 0.890. The Morgan fingerprint density at radius 1 is 1.31 bits per heavy atom. The van der Waals surface area contributed by atoms with Crippen LogP contribution in [-0.4, -0.2) is 22.2 Å². The molecule has 13 heavy (non-hydrogen) atoms. The summed E-state index contributed by atoms with van der Waals surface area (Å²) in [6, 6.07) is 0. The average Bonchev–Trinajstić information content (AvgIpc) is 2.05. The maximum Gasteiger partial charge on any atom is 0.327 e. The molecule has 74 valence electrons. The molecule has 0 heterocycles. The SMILES string of the molecule is C=CC(=O)O.CCCC=CC(=O)O. The Morgan fingerprint density at radius 3 is 2.00 bits per heavy atom. The van der Waals surface area contributed by atoms with Crippen LogP contribution in [0.1, 0.15) is 19.8 Å². The number of carboxylic acids is 2. The summed E-state index contributed by atoms with van der Waals surface area (Å²) < 4.78 is 0. The molecule has 0 radical (unpaired) electrons. The second-order valence-electron chi connectivity index (χ2n) is 2.07. The molecule has 0 spiro atoms. The van der Waals surface area contributed by atoms with Gasteiger partial charge in [-0.15, -0.1) is 0 Å². The Morgan fingerprint density at radius 2 is 1.77 bits per heavy atom. The molecule has 4 heteroatoms. The van der Waals surface area contributed by atoms with Crippen molar-refractivity contribution in [2.75, 3.05) is 0 Å². The predicted octanol–water partition coefficient (Wildman–Crippen LogP) is 1.68. The Labute approximate surface area is 77.2 Å². The third kappa shape index (κ3) is 25.1. The lowest BCUT2D eigenvalue weighted by Crippen LogP contribution is -1.84. The fourth-order valence-corrected chi connectivity index (χ4v) is 0.351. The summed E-state index contributed by atoms with van der Waals surface area (Å²) in [5.74, 6) is -1.84. The van der Waals surface area contributed by atoms with Crippen LogP contribution in [0.2, 0.25) is 0 Å². The highest BCUT2D eigenvalue weighted by Crippen LogP contribution is 1.86. The molecule has 0 saturated heterocycles. The van der Waals surface area contributed by atoms with Crippen LogP contribution in [-0.2, 0) is 9.59 Å². The first-order valence-corrected chi connectivity index (χ1v) is 3.79. The van der Waals surface area contributed by atoms with Gasteiger partial charge in [-0.1, -0.05) is 26.0 Å². The molecule has 0 aromatic rings. The van der Waals surface area contributed by atoms with Crippen molar-refractivity contribution in [2.24, 2.45) is 0 Å². The van der Waals surface area contributed by atoms with Crippen molar-refractivity contribution in [3.8, 4) is 0 Å². The number of hydrogen-bond donors (Lipinski definition) is 2. The second kappa shape index (κ2) is 10.4. The summed E-state index contributed by atoms with van der Waals surface area (Å²) in [5, 5.41) is 15.7. The summed E-state index contributed by atoms with van der Waals surface area (Å²) in [7, 11) is 0. The van der Waals surface area contributed by atoms with E-state index in [1.165, 1.54) is 6.08 Å². The van der Waals surface area contributed by atoms with Crippen LogP contribution in [0, 0.1) is 0 Å². The van der Waals surface area contributed by atoms with E-state index in [0.29, 0.717) is 0 Å². The minimum absolute atomic E-state index is 0.833. The largest absolute Gasteiger partial charge is 0.478 e. The molecular weight excluding hydrogens is 172 g/mol. The number of allylic oxidation sites excluding steroid dienone is 1. The fourth-order valence-electron chi connectivity index (χ4n) is 0.351. The van der Waals surface area contributed by atoms with Gasteiger partial charge in [0.1, 0.15) is 0 Å². The van der Waals surface area contributed by atoms with Gasteiger partial charge < -0.3 is 10.2 Å². The van der Waals surface area contributed by atoms with E-state index in [4.69, 9.17) is 10.2 Å². The standard InChI is InChI=1S/C6H10O2.C3H4O2/c1-2-3-4-5-6(7)8;1-2-3(4)5/h4-5H,2-3H2,1H3,(H,7,8);2H,1H2,(H,4,5). The first kappa shape index (κ1) is 14.0. The van der Waals surface area contributed by atoms with Gasteiger partial charge in [-0.3, -0.25) is 0 Å². The van der Waals surface area contributed by atoms with Gasteiger partial charge >= 0.3 is 11.9 Å². The lowest BCUT2D eigenvalue weighted by atomic mass is 10.3. The highest BCUT2D eigenvalue weighted by Gasteiger charge is 1.81. The number of unbranched alkanes of at least 4 members (excludes halogenated alkanes) is 1. The zero-order valence-corrected chi connectivity index (χ0v) is 7.56. The Hall–Kier alpha value is -1.58. The maximum absolute atomic E-state index is 9.79. The Bertz CT molecular complexity index is 194. The van der Waals surface area contributed by atoms with E-state index >= 15 is 0 Å². The molecule has 0 atom stereocenters. The second-order valence-corrected chi connectivity index (χ2v) is 2.07. The third-order valence-electron chi connectivity index (χ3n) is 0.890. The molecule has 0 bridgehead atoms. The van der Waals surface area contributed by atoms with Gasteiger partial charge in [0.25, 0.3) is 0 Å². The number of carbonyl (C=O) groups is 2. The number of aliphatic carboxylic acids is 2. The van der Waals surface area contributed by atoms with Crippen LogP contribution in [0.3, 0.4) is 0 Å². The summed E-state index contributed by atoms with van der Waals surface area (Å²) in [6.07, 6.45) is 5.52. The minimum Gasteiger partial charge on any atom is -0.478 e. The lowest BCUT2D eigenvalue weighted by Gasteiger charge is -1.79. The van der Waals surface area contributed by atoms with Crippen molar-refractivity contribution >= 4 is 11.9 Å². The van der Waals surface area contributed by atoms with Gasteiger partial charge in [-0.25, -0.2) is 9.59 Å². The van der Waals surface area contributed by atoms with Crippen LogP contribution >= 0.6 is 0 Å². The zero-order chi connectivity index (χ0) is 10.7. The van der Waals surface area contributed by atoms with Crippen LogP contribution in [0.4, 0.5) is 0 Å². The Kier molecular flexibility index (Phi) is 11.2. The summed E-state index contributed by atoms with van der Waals surface area (Å²) in [6.45, 7) is 4.97. The van der Waals surface area contributed by atoms with Gasteiger partial charge in [0, 0.05) is 12.2 Å². The lowest BCUT2D eigenvalue weighted by molar-refractivity contribution is -0.132. The summed E-state index contributed by atoms with van der Waals surface area (Å²) in [5.41, 5.74) is 0. The molecule has 0 aromatic heterocycles. The smallest absolute Gasteiger partial charge is 0.327 e. The van der Waals surface area contributed by atoms with E-state index in [1.807, 2.05) is 6.92 Å². The van der Waals surface area contributed by atoms with Gasteiger partial charge in [-0.2, -0.15) is 0 Å². The first-order valence-electron chi connectivity index (χ1n) is 3.79. The monoisotopic (exact) mass is 186 g/mol. The number of hydrogen-bond acceptors (Lipinski definition) is 2. The molecule has 2 N–H and O–H groups in total. The number of carboxylic acid groups (broad SMARTS) is 2. The van der Waals surface area contributed by atoms with Gasteiger partial charge in [0.15, 0.2) is 0 Å². The quantitative estimate of drug-likeness (QED) is 0.655. The van der Waals surface area contributed by atoms with E-state index in [2.05, 4.69) is 6.58 Å². The molecule has 0 aliphatic heterocycles. The van der Waals surface area contributed by atoms with E-state index in [0.717, 1.165) is 18.9 Å². The Balaban J connectivity index is 0. The average molecular weight is 186 g/mol. The molecule has 0 rings (SSSR count). The van der Waals surface area contributed by atoms with Crippen molar-refractivity contribution in [1.29, 1.82) is 0 Å². The van der Waals surface area contributed by atoms with E-state index in [1.54, 1.807) is 6.08 Å². The van der Waals surface area contributed by atoms with Crippen LogP contribution in [0.5, 0.6) is 0 Å². The maximum atomic E-state index is 9.79. The predicted molar refractivity (Wildman–Crippen MR) is 49.5 cm³/mol. The van der Waals surface area contributed by atoms with Crippen molar-refractivity contribution in [3.63, 3.8) is 0 Å². The molecule has 0 aliphatic rings. The highest BCUT2D eigenvalue weighted by molar-refractivity contribution is 5.79. The molecular formula is C9H14O4. The van der Waals surface area contributed by atoms with Gasteiger partial charge in [0.2, 0.25) is 0 Å². The van der Waals surface area contributed by atoms with Gasteiger partial charge in [0.05, 0.1) is 0 Å². The van der Waals surface area contributed by atoms with Crippen molar-refractivity contribution in [3.05, 3.63) is 24.8 Å². The zero-order valence-electron chi connectivity index (χ0n) is 7.56. The summed E-state index contributed by atoms with van der Waals surface area (Å²) >= 11 is 0. The van der Waals surface area contributed by atoms with Crippen molar-refractivity contribution in [1.82, 2.24) is 0 Å². The molecule has 0 fully saturated rings. The fraction of sp³-hybridized carbons (Fsp3) is 0.333. The first-order chi connectivity index (χ1) is 6.04. The number of rotatable bonds is 4. The van der Waals surface area contributed by atoms with Crippen molar-refractivity contribution < 1.29 is 19.8 Å². The van der Waals surface area contributed by atoms with E-state index in [-0.39, 0.29) is 0 Å².